The zero-order valence-electron chi connectivity index (χ0n) is 11.4. The van der Waals surface area contributed by atoms with Crippen molar-refractivity contribution in [1.29, 1.82) is 0 Å². The lowest BCUT2D eigenvalue weighted by atomic mass is 9.99. The third-order valence-corrected chi connectivity index (χ3v) is 3.63. The highest BCUT2D eigenvalue weighted by Gasteiger charge is 2.16. The number of hydrogen-bond donors (Lipinski definition) is 0. The molecule has 0 fully saturated rings. The highest BCUT2D eigenvalue weighted by molar-refractivity contribution is 5.98. The molecule has 0 saturated carbocycles. The summed E-state index contributed by atoms with van der Waals surface area (Å²) in [6.07, 6.45) is 4.35. The molecule has 0 atom stereocenters. The van der Waals surface area contributed by atoms with Crippen LogP contribution in [0.3, 0.4) is 0 Å². The monoisotopic (exact) mass is 254 g/mol. The van der Waals surface area contributed by atoms with Crippen LogP contribution in [0, 0.1) is 5.92 Å². The van der Waals surface area contributed by atoms with Crippen LogP contribution in [0.2, 0.25) is 0 Å². The van der Waals surface area contributed by atoms with Crippen molar-refractivity contribution in [3.8, 4) is 11.3 Å². The molecule has 0 aliphatic carbocycles. The Balaban J connectivity index is 1.96. The third kappa shape index (κ3) is 2.21. The summed E-state index contributed by atoms with van der Waals surface area (Å²) in [7, 11) is 0. The Labute approximate surface area is 113 Å². The Hall–Kier alpha value is -1.90. The van der Waals surface area contributed by atoms with Crippen LogP contribution >= 0.6 is 0 Å². The molecule has 1 aromatic carbocycles. The molecule has 19 heavy (non-hydrogen) atoms. The predicted molar refractivity (Wildman–Crippen MR) is 75.2 cm³/mol. The molecule has 3 rings (SSSR count). The minimum Gasteiger partial charge on any atom is -0.334 e. The molecule has 1 aromatic heterocycles. The zero-order valence-corrected chi connectivity index (χ0v) is 11.4. The topological polar surface area (TPSA) is 34.9 Å². The Morgan fingerprint density at radius 3 is 2.95 bits per heavy atom. The standard InChI is InChI=1S/C16H18N2O/c1-11(2)16(19)13-6-3-5-12(9-13)14-10-18-8-4-7-15(18)17-14/h3,5-6,9-11H,4,7-8H2,1-2H3. The average molecular weight is 254 g/mol. The van der Waals surface area contributed by atoms with E-state index in [9.17, 15) is 4.79 Å². The number of Topliss-reactive ketones (excluding diaryl/α,β-unsaturated/α-hetero) is 1. The smallest absolute Gasteiger partial charge is 0.165 e. The summed E-state index contributed by atoms with van der Waals surface area (Å²) in [5.74, 6) is 1.38. The second-order valence-electron chi connectivity index (χ2n) is 5.44. The van der Waals surface area contributed by atoms with Crippen molar-refractivity contribution in [2.45, 2.75) is 33.2 Å². The maximum atomic E-state index is 12.0. The van der Waals surface area contributed by atoms with E-state index < -0.39 is 0 Å². The number of benzene rings is 1. The van der Waals surface area contributed by atoms with Gasteiger partial charge in [0.1, 0.15) is 5.82 Å². The van der Waals surface area contributed by atoms with Crippen molar-refractivity contribution < 1.29 is 4.79 Å². The number of nitrogens with zero attached hydrogens (tertiary/aromatic N) is 2. The first-order chi connectivity index (χ1) is 9.15. The van der Waals surface area contributed by atoms with Gasteiger partial charge in [0.05, 0.1) is 5.69 Å². The lowest BCUT2D eigenvalue weighted by Gasteiger charge is -2.05. The maximum Gasteiger partial charge on any atom is 0.165 e. The fourth-order valence-corrected chi connectivity index (χ4v) is 2.56. The molecule has 0 N–H and O–H groups in total. The first-order valence-corrected chi connectivity index (χ1v) is 6.86. The minimum absolute atomic E-state index is 0.0299. The summed E-state index contributed by atoms with van der Waals surface area (Å²) >= 11 is 0. The predicted octanol–water partition coefficient (Wildman–Crippen LogP) is 3.34. The molecule has 1 aliphatic rings. The fraction of sp³-hybridized carbons (Fsp3) is 0.375. The highest BCUT2D eigenvalue weighted by atomic mass is 16.1. The first-order valence-electron chi connectivity index (χ1n) is 6.86. The van der Waals surface area contributed by atoms with Gasteiger partial charge in [-0.3, -0.25) is 4.79 Å². The largest absolute Gasteiger partial charge is 0.334 e. The quantitative estimate of drug-likeness (QED) is 0.787. The van der Waals surface area contributed by atoms with E-state index in [0.29, 0.717) is 0 Å². The molecule has 0 radical (unpaired) electrons. The Kier molecular flexibility index (Phi) is 2.97. The molecule has 0 amide bonds. The second kappa shape index (κ2) is 4.65. The number of ketones is 1. The number of rotatable bonds is 3. The normalized spacial score (nSPS) is 13.8. The lowest BCUT2D eigenvalue weighted by Crippen LogP contribution is -2.07. The van der Waals surface area contributed by atoms with Crippen LogP contribution in [0.1, 0.15) is 36.5 Å². The summed E-state index contributed by atoms with van der Waals surface area (Å²) < 4.78 is 2.21. The molecule has 1 aliphatic heterocycles. The summed E-state index contributed by atoms with van der Waals surface area (Å²) in [4.78, 5) is 16.7. The fourth-order valence-electron chi connectivity index (χ4n) is 2.56. The summed E-state index contributed by atoms with van der Waals surface area (Å²) in [5, 5.41) is 0. The number of imidazole rings is 1. The van der Waals surface area contributed by atoms with Crippen molar-refractivity contribution in [3.05, 3.63) is 41.9 Å². The number of carbonyl (C=O) groups excluding carboxylic acids is 1. The highest BCUT2D eigenvalue weighted by Crippen LogP contribution is 2.24. The van der Waals surface area contributed by atoms with Gasteiger partial charge in [-0.25, -0.2) is 4.98 Å². The van der Waals surface area contributed by atoms with E-state index in [2.05, 4.69) is 15.7 Å². The number of aromatic nitrogens is 2. The SMILES string of the molecule is CC(C)C(=O)c1cccc(-c2cn3c(n2)CCC3)c1. The lowest BCUT2D eigenvalue weighted by molar-refractivity contribution is 0.0939. The molecular formula is C16H18N2O. The molecule has 98 valence electrons. The van der Waals surface area contributed by atoms with E-state index in [1.54, 1.807) is 0 Å². The number of hydrogen-bond acceptors (Lipinski definition) is 2. The van der Waals surface area contributed by atoms with E-state index in [1.807, 2.05) is 38.1 Å². The van der Waals surface area contributed by atoms with E-state index in [4.69, 9.17) is 0 Å². The van der Waals surface area contributed by atoms with Gasteiger partial charge in [0, 0.05) is 36.2 Å². The van der Waals surface area contributed by atoms with Gasteiger partial charge in [-0.2, -0.15) is 0 Å². The van der Waals surface area contributed by atoms with Gasteiger partial charge in [-0.15, -0.1) is 0 Å². The number of aryl methyl sites for hydroxylation is 2. The molecule has 2 heterocycles. The van der Waals surface area contributed by atoms with Gasteiger partial charge in [0.2, 0.25) is 0 Å². The van der Waals surface area contributed by atoms with Gasteiger partial charge in [0.25, 0.3) is 0 Å². The number of fused-ring (bicyclic) bond motifs is 1. The van der Waals surface area contributed by atoms with Crippen LogP contribution < -0.4 is 0 Å². The van der Waals surface area contributed by atoms with E-state index in [0.717, 1.165) is 35.6 Å². The van der Waals surface area contributed by atoms with Gasteiger partial charge < -0.3 is 4.57 Å². The van der Waals surface area contributed by atoms with Crippen LogP contribution in [-0.2, 0) is 13.0 Å². The van der Waals surface area contributed by atoms with Crippen molar-refractivity contribution in [3.63, 3.8) is 0 Å². The molecule has 0 saturated heterocycles. The molecule has 2 aromatic rings. The van der Waals surface area contributed by atoms with Crippen LogP contribution in [0.15, 0.2) is 30.5 Å². The van der Waals surface area contributed by atoms with Crippen molar-refractivity contribution in [2.24, 2.45) is 5.92 Å². The molecule has 3 nitrogen and oxygen atoms in total. The first kappa shape index (κ1) is 12.2. The van der Waals surface area contributed by atoms with Gasteiger partial charge in [-0.05, 0) is 12.5 Å². The molecule has 0 spiro atoms. The van der Waals surface area contributed by atoms with E-state index >= 15 is 0 Å². The summed E-state index contributed by atoms with van der Waals surface area (Å²) in [6.45, 7) is 4.92. The van der Waals surface area contributed by atoms with Gasteiger partial charge in [-0.1, -0.05) is 32.0 Å². The molecule has 0 unspecified atom stereocenters. The van der Waals surface area contributed by atoms with E-state index in [1.165, 1.54) is 6.42 Å². The summed E-state index contributed by atoms with van der Waals surface area (Å²) in [5.41, 5.74) is 2.79. The Morgan fingerprint density at radius 2 is 2.21 bits per heavy atom. The van der Waals surface area contributed by atoms with Crippen LogP contribution in [0.5, 0.6) is 0 Å². The number of carbonyl (C=O) groups is 1. The Bertz CT molecular complexity index is 604. The van der Waals surface area contributed by atoms with Crippen molar-refractivity contribution in [1.82, 2.24) is 9.55 Å². The van der Waals surface area contributed by atoms with Gasteiger partial charge >= 0.3 is 0 Å². The van der Waals surface area contributed by atoms with Gasteiger partial charge in [0.15, 0.2) is 5.78 Å². The minimum atomic E-state index is 0.0299. The van der Waals surface area contributed by atoms with Crippen LogP contribution in [-0.4, -0.2) is 15.3 Å². The second-order valence-corrected chi connectivity index (χ2v) is 5.44. The Morgan fingerprint density at radius 1 is 1.37 bits per heavy atom. The van der Waals surface area contributed by atoms with Crippen molar-refractivity contribution >= 4 is 5.78 Å². The molecule has 0 bridgehead atoms. The van der Waals surface area contributed by atoms with Crippen molar-refractivity contribution in [2.75, 3.05) is 0 Å². The van der Waals surface area contributed by atoms with Crippen LogP contribution in [0.4, 0.5) is 0 Å². The summed E-state index contributed by atoms with van der Waals surface area (Å²) in [6, 6.07) is 7.81. The van der Waals surface area contributed by atoms with Crippen LogP contribution in [0.25, 0.3) is 11.3 Å². The zero-order chi connectivity index (χ0) is 13.4. The average Bonchev–Trinajstić information content (AvgIpc) is 2.98. The van der Waals surface area contributed by atoms with E-state index in [-0.39, 0.29) is 11.7 Å². The molecular weight excluding hydrogens is 236 g/mol. The maximum absolute atomic E-state index is 12.0. The molecule has 3 heteroatoms. The third-order valence-electron chi connectivity index (χ3n) is 3.63.